The number of aryl methyl sites for hydroxylation is 3. The minimum absolute atomic E-state index is 0.0106. The van der Waals surface area contributed by atoms with Crippen LogP contribution < -0.4 is 5.32 Å². The normalized spacial score (nSPS) is 15.9. The number of carbonyl (C=O) groups excluding carboxylic acids is 1. The number of anilines is 1. The molecule has 0 atom stereocenters. The highest BCUT2D eigenvalue weighted by atomic mass is 32.2. The fraction of sp³-hybridized carbons (Fsp3) is 0.435. The van der Waals surface area contributed by atoms with Crippen molar-refractivity contribution in [2.24, 2.45) is 5.92 Å². The van der Waals surface area contributed by atoms with E-state index >= 15 is 0 Å². The maximum absolute atomic E-state index is 12.7. The van der Waals surface area contributed by atoms with Crippen molar-refractivity contribution < 1.29 is 13.2 Å². The molecule has 1 aliphatic rings. The van der Waals surface area contributed by atoms with Crippen molar-refractivity contribution in [1.29, 1.82) is 0 Å². The molecule has 29 heavy (non-hydrogen) atoms. The number of nitrogens with one attached hydrogen (secondary N) is 1. The third-order valence-corrected chi connectivity index (χ3v) is 7.61. The van der Waals surface area contributed by atoms with Crippen LogP contribution in [0.15, 0.2) is 48.5 Å². The number of hydrogen-bond donors (Lipinski definition) is 1. The van der Waals surface area contributed by atoms with Crippen LogP contribution in [0.5, 0.6) is 0 Å². The molecule has 1 aliphatic heterocycles. The molecule has 156 valence electrons. The van der Waals surface area contributed by atoms with E-state index in [4.69, 9.17) is 0 Å². The summed E-state index contributed by atoms with van der Waals surface area (Å²) in [7, 11) is -3.27. The lowest BCUT2D eigenvalue weighted by Crippen LogP contribution is -2.42. The van der Waals surface area contributed by atoms with Gasteiger partial charge in [-0.2, -0.15) is 0 Å². The lowest BCUT2D eigenvalue weighted by Gasteiger charge is -2.30. The molecular weight excluding hydrogens is 384 g/mol. The number of rotatable bonds is 7. The van der Waals surface area contributed by atoms with E-state index in [-0.39, 0.29) is 17.6 Å². The van der Waals surface area contributed by atoms with Crippen LogP contribution in [0, 0.1) is 19.8 Å². The molecule has 2 aromatic carbocycles. The van der Waals surface area contributed by atoms with Crippen molar-refractivity contribution >= 4 is 21.6 Å². The fourth-order valence-electron chi connectivity index (χ4n) is 3.87. The third kappa shape index (κ3) is 5.67. The van der Waals surface area contributed by atoms with Crippen LogP contribution in [0.25, 0.3) is 0 Å². The van der Waals surface area contributed by atoms with E-state index in [2.05, 4.69) is 5.32 Å². The number of carbonyl (C=O) groups is 1. The van der Waals surface area contributed by atoms with Gasteiger partial charge in [-0.3, -0.25) is 4.79 Å². The number of nitrogens with zero attached hydrogens (tertiary/aromatic N) is 1. The molecule has 5 nitrogen and oxygen atoms in total. The van der Waals surface area contributed by atoms with Crippen LogP contribution >= 0.6 is 0 Å². The second-order valence-electron chi connectivity index (χ2n) is 7.83. The number of hydrogen-bond acceptors (Lipinski definition) is 3. The number of para-hydroxylation sites is 1. The quantitative estimate of drug-likeness (QED) is 0.747. The molecule has 0 spiro atoms. The minimum atomic E-state index is -3.27. The largest absolute Gasteiger partial charge is 0.325 e. The fourth-order valence-corrected chi connectivity index (χ4v) is 5.40. The molecule has 0 bridgehead atoms. The van der Waals surface area contributed by atoms with Gasteiger partial charge in [0.25, 0.3) is 0 Å². The van der Waals surface area contributed by atoms with Gasteiger partial charge in [0.05, 0.1) is 5.75 Å². The Kier molecular flexibility index (Phi) is 7.09. The average Bonchev–Trinajstić information content (AvgIpc) is 2.71. The van der Waals surface area contributed by atoms with Crippen molar-refractivity contribution in [3.63, 3.8) is 0 Å². The highest BCUT2D eigenvalue weighted by Crippen LogP contribution is 2.25. The van der Waals surface area contributed by atoms with Crippen LogP contribution in [-0.4, -0.2) is 37.5 Å². The standard InChI is InChI=1S/C23H30N2O3S/c1-18-8-6-9-19(2)22(18)24-23(26)21-13-15-25(16-14-21)29(27,28)17-7-12-20-10-4-3-5-11-20/h3-6,8-11,21H,7,12-17H2,1-2H3,(H,24,26). The summed E-state index contributed by atoms with van der Waals surface area (Å²) in [6.45, 7) is 4.79. The molecule has 0 aliphatic carbocycles. The molecule has 6 heteroatoms. The van der Waals surface area contributed by atoms with Gasteiger partial charge in [-0.25, -0.2) is 12.7 Å². The van der Waals surface area contributed by atoms with Crippen molar-refractivity contribution in [2.45, 2.75) is 39.5 Å². The number of sulfonamides is 1. The summed E-state index contributed by atoms with van der Waals surface area (Å²) in [5.74, 6) is -0.00505. The monoisotopic (exact) mass is 414 g/mol. The van der Waals surface area contributed by atoms with Crippen LogP contribution in [0.4, 0.5) is 5.69 Å². The first-order valence-electron chi connectivity index (χ1n) is 10.3. The van der Waals surface area contributed by atoms with Gasteiger partial charge in [0, 0.05) is 24.7 Å². The summed E-state index contributed by atoms with van der Waals surface area (Å²) in [5, 5.41) is 3.05. The van der Waals surface area contributed by atoms with Gasteiger partial charge in [0.15, 0.2) is 0 Å². The Labute approximate surface area is 174 Å². The Morgan fingerprint density at radius 3 is 2.24 bits per heavy atom. The summed E-state index contributed by atoms with van der Waals surface area (Å²) in [6.07, 6.45) is 2.50. The molecule has 1 N–H and O–H groups in total. The van der Waals surface area contributed by atoms with Crippen LogP contribution in [0.3, 0.4) is 0 Å². The first-order chi connectivity index (χ1) is 13.9. The minimum Gasteiger partial charge on any atom is -0.325 e. The van der Waals surface area contributed by atoms with Crippen molar-refractivity contribution in [3.8, 4) is 0 Å². The van der Waals surface area contributed by atoms with Crippen molar-refractivity contribution in [1.82, 2.24) is 4.31 Å². The Balaban J connectivity index is 1.49. The van der Waals surface area contributed by atoms with Crippen molar-refractivity contribution in [3.05, 3.63) is 65.2 Å². The van der Waals surface area contributed by atoms with E-state index < -0.39 is 10.0 Å². The molecule has 0 aromatic heterocycles. The average molecular weight is 415 g/mol. The summed E-state index contributed by atoms with van der Waals surface area (Å²) in [6, 6.07) is 15.9. The lowest BCUT2D eigenvalue weighted by molar-refractivity contribution is -0.120. The van der Waals surface area contributed by atoms with Crippen LogP contribution in [-0.2, 0) is 21.2 Å². The Bertz CT molecular complexity index is 914. The maximum Gasteiger partial charge on any atom is 0.227 e. The zero-order valence-corrected chi connectivity index (χ0v) is 18.0. The van der Waals surface area contributed by atoms with E-state index in [9.17, 15) is 13.2 Å². The predicted octanol–water partition coefficient (Wildman–Crippen LogP) is 3.92. The molecule has 0 radical (unpaired) electrons. The molecule has 0 saturated carbocycles. The van der Waals surface area contributed by atoms with Gasteiger partial charge in [-0.05, 0) is 56.2 Å². The topological polar surface area (TPSA) is 66.5 Å². The summed E-state index contributed by atoms with van der Waals surface area (Å²) in [4.78, 5) is 12.7. The second-order valence-corrected chi connectivity index (χ2v) is 9.92. The van der Waals surface area contributed by atoms with Gasteiger partial charge < -0.3 is 5.32 Å². The zero-order chi connectivity index (χ0) is 20.9. The summed E-state index contributed by atoms with van der Waals surface area (Å²) >= 11 is 0. The van der Waals surface area contributed by atoms with E-state index in [1.807, 2.05) is 62.4 Å². The highest BCUT2D eigenvalue weighted by Gasteiger charge is 2.31. The van der Waals surface area contributed by atoms with Gasteiger partial charge >= 0.3 is 0 Å². The van der Waals surface area contributed by atoms with Gasteiger partial charge in [0.2, 0.25) is 15.9 Å². The third-order valence-electron chi connectivity index (χ3n) is 5.66. The number of amides is 1. The number of benzene rings is 2. The summed E-state index contributed by atoms with van der Waals surface area (Å²) < 4.78 is 26.9. The summed E-state index contributed by atoms with van der Waals surface area (Å²) in [5.41, 5.74) is 4.10. The molecule has 1 fully saturated rings. The van der Waals surface area contributed by atoms with E-state index in [1.54, 1.807) is 4.31 Å². The maximum atomic E-state index is 12.7. The molecule has 1 saturated heterocycles. The Morgan fingerprint density at radius 1 is 1.00 bits per heavy atom. The lowest BCUT2D eigenvalue weighted by atomic mass is 9.96. The second kappa shape index (κ2) is 9.55. The van der Waals surface area contributed by atoms with Gasteiger partial charge in [0.1, 0.15) is 0 Å². The SMILES string of the molecule is Cc1cccc(C)c1NC(=O)C1CCN(S(=O)(=O)CCCc2ccccc2)CC1. The van der Waals surface area contributed by atoms with E-state index in [1.165, 1.54) is 0 Å². The first-order valence-corrected chi connectivity index (χ1v) is 11.9. The van der Waals surface area contributed by atoms with Crippen molar-refractivity contribution in [2.75, 3.05) is 24.2 Å². The molecular formula is C23H30N2O3S. The first kappa shape index (κ1) is 21.5. The number of piperidine rings is 1. The zero-order valence-electron chi connectivity index (χ0n) is 17.2. The van der Waals surface area contributed by atoms with Gasteiger partial charge in [-0.15, -0.1) is 0 Å². The molecule has 3 rings (SSSR count). The molecule has 1 amide bonds. The van der Waals surface area contributed by atoms with E-state index in [0.29, 0.717) is 32.4 Å². The van der Waals surface area contributed by atoms with E-state index in [0.717, 1.165) is 28.8 Å². The molecule has 2 aromatic rings. The van der Waals surface area contributed by atoms with Crippen LogP contribution in [0.1, 0.15) is 36.0 Å². The predicted molar refractivity (Wildman–Crippen MR) is 117 cm³/mol. The Hall–Kier alpha value is -2.18. The highest BCUT2D eigenvalue weighted by molar-refractivity contribution is 7.89. The smallest absolute Gasteiger partial charge is 0.227 e. The van der Waals surface area contributed by atoms with Crippen LogP contribution in [0.2, 0.25) is 0 Å². The molecule has 0 unspecified atom stereocenters. The Morgan fingerprint density at radius 2 is 1.62 bits per heavy atom. The molecule has 1 heterocycles. The van der Waals surface area contributed by atoms with Gasteiger partial charge in [-0.1, -0.05) is 48.5 Å².